The van der Waals surface area contributed by atoms with Crippen LogP contribution < -0.4 is 16.4 Å². The van der Waals surface area contributed by atoms with Gasteiger partial charge in [-0.2, -0.15) is 13.2 Å². The van der Waals surface area contributed by atoms with Gasteiger partial charge in [-0.05, 0) is 55.6 Å². The molecule has 4 N–H and O–H groups in total. The van der Waals surface area contributed by atoms with E-state index >= 15 is 0 Å². The molecule has 7 nitrogen and oxygen atoms in total. The summed E-state index contributed by atoms with van der Waals surface area (Å²) in [5.74, 6) is -1.66. The maximum atomic E-state index is 13.4. The number of nitrogens with zero attached hydrogens (tertiary/aromatic N) is 2. The largest absolute Gasteiger partial charge is 0.418 e. The topological polar surface area (TPSA) is 109 Å². The highest BCUT2D eigenvalue weighted by Gasteiger charge is 2.34. The molecule has 0 spiro atoms. The van der Waals surface area contributed by atoms with E-state index in [9.17, 15) is 22.8 Å². The smallest absolute Gasteiger partial charge is 0.368 e. The van der Waals surface area contributed by atoms with Crippen LogP contribution in [-0.4, -0.2) is 24.5 Å². The molecule has 0 aliphatic carbocycles. The summed E-state index contributed by atoms with van der Waals surface area (Å²) >= 11 is 0. The molecule has 10 heteroatoms. The van der Waals surface area contributed by atoms with Crippen LogP contribution in [0.25, 0.3) is 0 Å². The summed E-state index contributed by atoms with van der Waals surface area (Å²) in [4.78, 5) is 31.4. The van der Waals surface area contributed by atoms with E-state index in [-0.39, 0.29) is 11.5 Å². The molecule has 0 aliphatic rings. The van der Waals surface area contributed by atoms with Gasteiger partial charge in [-0.3, -0.25) is 9.59 Å². The van der Waals surface area contributed by atoms with Gasteiger partial charge in [0.05, 0.1) is 16.9 Å². The Bertz CT molecular complexity index is 1050. The van der Waals surface area contributed by atoms with Gasteiger partial charge in [0.2, 0.25) is 11.9 Å². The highest BCUT2D eigenvalue weighted by molar-refractivity contribution is 6.05. The number of rotatable bonds is 5. The standard InChI is InChI=1S/C20H18F3N5O2/c1-4-17(29)27-15-8-6-12(9-14(15)20(21,22)23)18(30)26-13-7-5-11(2)16(10-13)28-19(24)25-3/h4-10H,1,3H2,2H3,(H2,24,28)(H,26,30)(H,27,29). The van der Waals surface area contributed by atoms with Crippen LogP contribution in [0.15, 0.2) is 59.0 Å². The third-order valence-electron chi connectivity index (χ3n) is 3.89. The monoisotopic (exact) mass is 417 g/mol. The lowest BCUT2D eigenvalue weighted by molar-refractivity contribution is -0.137. The van der Waals surface area contributed by atoms with Crippen molar-refractivity contribution >= 4 is 41.6 Å². The molecule has 0 bridgehead atoms. The Kier molecular flexibility index (Phi) is 6.73. The van der Waals surface area contributed by atoms with Gasteiger partial charge in [-0.25, -0.2) is 9.98 Å². The van der Waals surface area contributed by atoms with Crippen molar-refractivity contribution in [2.75, 3.05) is 10.6 Å². The number of guanidine groups is 1. The number of carbonyl (C=O) groups is 2. The Morgan fingerprint density at radius 2 is 1.83 bits per heavy atom. The molecular weight excluding hydrogens is 399 g/mol. The Labute approximate surface area is 170 Å². The molecule has 0 radical (unpaired) electrons. The van der Waals surface area contributed by atoms with Gasteiger partial charge in [0.15, 0.2) is 0 Å². The van der Waals surface area contributed by atoms with Gasteiger partial charge in [0.1, 0.15) is 0 Å². The third kappa shape index (κ3) is 5.53. The summed E-state index contributed by atoms with van der Waals surface area (Å²) in [6.45, 7) is 8.21. The molecule has 0 saturated carbocycles. The van der Waals surface area contributed by atoms with Crippen molar-refractivity contribution < 1.29 is 22.8 Å². The molecule has 0 heterocycles. The van der Waals surface area contributed by atoms with E-state index in [0.717, 1.165) is 23.8 Å². The van der Waals surface area contributed by atoms with Gasteiger partial charge < -0.3 is 16.4 Å². The number of amides is 2. The van der Waals surface area contributed by atoms with Crippen molar-refractivity contribution in [3.8, 4) is 0 Å². The van der Waals surface area contributed by atoms with E-state index in [1.54, 1.807) is 19.1 Å². The minimum atomic E-state index is -4.79. The zero-order valence-electron chi connectivity index (χ0n) is 15.9. The summed E-state index contributed by atoms with van der Waals surface area (Å²) in [7, 11) is 0. The molecule has 2 amide bonds. The second kappa shape index (κ2) is 9.03. The van der Waals surface area contributed by atoms with Crippen LogP contribution in [0, 0.1) is 6.92 Å². The second-order valence-corrected chi connectivity index (χ2v) is 6.04. The zero-order chi connectivity index (χ0) is 22.5. The third-order valence-corrected chi connectivity index (χ3v) is 3.89. The summed E-state index contributed by atoms with van der Waals surface area (Å²) < 4.78 is 40.1. The minimum absolute atomic E-state index is 0.0754. The van der Waals surface area contributed by atoms with Crippen LogP contribution in [0.4, 0.5) is 30.2 Å². The molecule has 30 heavy (non-hydrogen) atoms. The number of alkyl halides is 3. The molecule has 2 aromatic carbocycles. The predicted molar refractivity (Wildman–Crippen MR) is 110 cm³/mol. The lowest BCUT2D eigenvalue weighted by atomic mass is 10.1. The van der Waals surface area contributed by atoms with E-state index in [1.165, 1.54) is 6.07 Å². The number of aryl methyl sites for hydroxylation is 1. The molecule has 0 unspecified atom stereocenters. The van der Waals surface area contributed by atoms with Crippen LogP contribution in [0.2, 0.25) is 0 Å². The van der Waals surface area contributed by atoms with Crippen LogP contribution in [0.1, 0.15) is 21.5 Å². The van der Waals surface area contributed by atoms with E-state index < -0.39 is 29.2 Å². The van der Waals surface area contributed by atoms with Crippen LogP contribution >= 0.6 is 0 Å². The number of nitrogens with one attached hydrogen (secondary N) is 2. The Morgan fingerprint density at radius 1 is 1.13 bits per heavy atom. The summed E-state index contributed by atoms with van der Waals surface area (Å²) in [5, 5.41) is 4.57. The quantitative estimate of drug-likeness (QED) is 0.388. The number of nitrogens with two attached hydrogens (primary N) is 1. The first-order chi connectivity index (χ1) is 14.0. The van der Waals surface area contributed by atoms with E-state index in [1.807, 2.05) is 0 Å². The number of hydrogen-bond acceptors (Lipinski definition) is 3. The Balaban J connectivity index is 2.35. The molecular formula is C20H18F3N5O2. The summed E-state index contributed by atoms with van der Waals surface area (Å²) in [5.41, 5.74) is 5.07. The van der Waals surface area contributed by atoms with Crippen molar-refractivity contribution in [2.24, 2.45) is 15.7 Å². The number of hydrogen-bond donors (Lipinski definition) is 3. The molecule has 156 valence electrons. The fourth-order valence-electron chi connectivity index (χ4n) is 2.38. The van der Waals surface area contributed by atoms with Gasteiger partial charge in [-0.15, -0.1) is 0 Å². The van der Waals surface area contributed by atoms with Gasteiger partial charge in [0, 0.05) is 11.3 Å². The second-order valence-electron chi connectivity index (χ2n) is 6.04. The summed E-state index contributed by atoms with van der Waals surface area (Å²) in [6.07, 6.45) is -3.95. The lowest BCUT2D eigenvalue weighted by Gasteiger charge is -2.15. The van der Waals surface area contributed by atoms with Gasteiger partial charge in [-0.1, -0.05) is 12.6 Å². The SMILES string of the molecule is C=CC(=O)Nc1ccc(C(=O)Nc2ccc(C)c(N=C(N)N=C)c2)cc1C(F)(F)F. The van der Waals surface area contributed by atoms with E-state index in [4.69, 9.17) is 5.73 Å². The zero-order valence-corrected chi connectivity index (χ0v) is 15.9. The minimum Gasteiger partial charge on any atom is -0.368 e. The first-order valence-corrected chi connectivity index (χ1v) is 8.42. The first kappa shape index (κ1) is 22.3. The van der Waals surface area contributed by atoms with Crippen molar-refractivity contribution in [1.82, 2.24) is 0 Å². The van der Waals surface area contributed by atoms with Crippen LogP contribution in [0.3, 0.4) is 0 Å². The van der Waals surface area contributed by atoms with E-state index in [0.29, 0.717) is 17.4 Å². The van der Waals surface area contributed by atoms with Crippen molar-refractivity contribution in [3.63, 3.8) is 0 Å². The maximum absolute atomic E-state index is 13.4. The maximum Gasteiger partial charge on any atom is 0.418 e. The first-order valence-electron chi connectivity index (χ1n) is 8.42. The number of halogens is 3. The highest BCUT2D eigenvalue weighted by atomic mass is 19.4. The normalized spacial score (nSPS) is 11.5. The van der Waals surface area contributed by atoms with Gasteiger partial charge >= 0.3 is 6.18 Å². The number of benzene rings is 2. The van der Waals surface area contributed by atoms with Gasteiger partial charge in [0.25, 0.3) is 5.91 Å². The van der Waals surface area contributed by atoms with Crippen LogP contribution in [0.5, 0.6) is 0 Å². The van der Waals surface area contributed by atoms with Crippen LogP contribution in [-0.2, 0) is 11.0 Å². The average Bonchev–Trinajstić information content (AvgIpc) is 2.69. The molecule has 0 fully saturated rings. The molecule has 0 saturated heterocycles. The highest BCUT2D eigenvalue weighted by Crippen LogP contribution is 2.35. The average molecular weight is 417 g/mol. The summed E-state index contributed by atoms with van der Waals surface area (Å²) in [6, 6.07) is 7.53. The molecule has 2 aromatic rings. The number of carbonyl (C=O) groups excluding carboxylic acids is 2. The Morgan fingerprint density at radius 3 is 2.43 bits per heavy atom. The number of aliphatic imine (C=N–C) groups is 2. The fourth-order valence-corrected chi connectivity index (χ4v) is 2.38. The van der Waals surface area contributed by atoms with Crippen molar-refractivity contribution in [3.05, 3.63) is 65.7 Å². The molecule has 2 rings (SSSR count). The lowest BCUT2D eigenvalue weighted by Crippen LogP contribution is -2.17. The predicted octanol–water partition coefficient (Wildman–Crippen LogP) is 4.04. The fraction of sp³-hybridized carbons (Fsp3) is 0.100. The van der Waals surface area contributed by atoms with Crippen molar-refractivity contribution in [2.45, 2.75) is 13.1 Å². The van der Waals surface area contributed by atoms with Crippen molar-refractivity contribution in [1.29, 1.82) is 0 Å². The molecule has 0 aromatic heterocycles. The Hall–Kier alpha value is -3.95. The number of anilines is 2. The molecule has 0 aliphatic heterocycles. The van der Waals surface area contributed by atoms with E-state index in [2.05, 4.69) is 33.9 Å². The molecule has 0 atom stereocenters.